The Morgan fingerprint density at radius 2 is 0.743 bits per heavy atom. The number of hydrogen-bond donors (Lipinski definition) is 3. The third-order valence-corrected chi connectivity index (χ3v) is 19.4. The third kappa shape index (κ3) is 14.9. The molecule has 1 nitrogen and oxygen atoms in total. The lowest BCUT2D eigenvalue weighted by molar-refractivity contribution is 0.173. The maximum absolute atomic E-state index is 5.92. The van der Waals surface area contributed by atoms with Crippen molar-refractivity contribution in [1.29, 1.82) is 0 Å². The average Bonchev–Trinajstić information content (AvgIpc) is 3.45. The molecule has 398 valence electrons. The molecule has 9 rings (SSSR count). The van der Waals surface area contributed by atoms with Crippen LogP contribution in [0.2, 0.25) is 0 Å². The molecule has 0 aromatic heterocycles. The van der Waals surface area contributed by atoms with Gasteiger partial charge in [0.25, 0.3) is 0 Å². The highest BCUT2D eigenvalue weighted by Gasteiger charge is 2.53. The summed E-state index contributed by atoms with van der Waals surface area (Å²) in [5.41, 5.74) is 13.1. The van der Waals surface area contributed by atoms with Crippen LogP contribution in [0.1, 0.15) is 185 Å². The molecule has 3 aliphatic carbocycles. The molecule has 6 aromatic rings. The van der Waals surface area contributed by atoms with Crippen LogP contribution in [0.4, 0.5) is 0 Å². The normalized spacial score (nSPS) is 21.6. The largest absolute Gasteiger partial charge is 0.327 e. The van der Waals surface area contributed by atoms with Gasteiger partial charge >= 0.3 is 0 Å². The van der Waals surface area contributed by atoms with Crippen molar-refractivity contribution in [3.63, 3.8) is 0 Å². The molecule has 0 bridgehead atoms. The van der Waals surface area contributed by atoms with Gasteiger partial charge in [-0.15, -0.1) is 0 Å². The van der Waals surface area contributed by atoms with Crippen molar-refractivity contribution >= 4 is 25.3 Å². The summed E-state index contributed by atoms with van der Waals surface area (Å²) in [5, 5.41) is 0.904. The second kappa shape index (κ2) is 30.7. The fourth-order valence-corrected chi connectivity index (χ4v) is 13.5. The van der Waals surface area contributed by atoms with Gasteiger partial charge in [-0.1, -0.05) is 288 Å². The maximum Gasteiger partial charge on any atom is 0.0482 e. The Balaban J connectivity index is 0.000000238. The third-order valence-electron chi connectivity index (χ3n) is 18.1. The van der Waals surface area contributed by atoms with E-state index in [1.54, 1.807) is 0 Å². The topological polar surface area (TPSA) is 26.0 Å². The summed E-state index contributed by atoms with van der Waals surface area (Å²) in [6, 6.07) is 68.1. The predicted octanol–water partition coefficient (Wildman–Crippen LogP) is 19.7. The van der Waals surface area contributed by atoms with Gasteiger partial charge in [-0.3, -0.25) is 0 Å². The van der Waals surface area contributed by atoms with E-state index in [0.29, 0.717) is 16.5 Å². The summed E-state index contributed by atoms with van der Waals surface area (Å²) in [4.78, 5) is 0. The Morgan fingerprint density at radius 3 is 0.973 bits per heavy atom. The van der Waals surface area contributed by atoms with Crippen molar-refractivity contribution < 1.29 is 0 Å². The minimum Gasteiger partial charge on any atom is -0.327 e. The Bertz CT molecular complexity index is 2150. The monoisotopic (exact) mass is 1030 g/mol. The van der Waals surface area contributed by atoms with Crippen molar-refractivity contribution in [3.05, 3.63) is 215 Å². The number of rotatable bonds is 21. The Labute approximate surface area is 463 Å². The van der Waals surface area contributed by atoms with Crippen LogP contribution >= 0.6 is 25.3 Å². The minimum absolute atomic E-state index is 0.190. The van der Waals surface area contributed by atoms with E-state index in [1.807, 2.05) is 0 Å². The van der Waals surface area contributed by atoms with E-state index >= 15 is 0 Å². The molecule has 6 aromatic carbocycles. The van der Waals surface area contributed by atoms with E-state index in [9.17, 15) is 0 Å². The standard InChI is InChI=1S/C44H42.C13H25N.C8H16.C6H14S2/c1-3-22-42(44(39-29-16-7-17-30-39,40-31-18-8-19-32-40)41-33-20-9-21-34-41)35(2)43(36-23-10-4-11-24-36,37-25-12-5-13-26-37)38-27-14-6-15-28-38;1-10-6-7-11(10)4-2-3-5-12-8-9-13(12)14;1-3-4-8-6-5-7(8)2;1-3-4-6(8)5(2)7/h4-21,23-35,42H,3,22H2,1-2H3;10-13H,2-9,14H2,1H3;7-8H,3-6H2,1-2H3;5-8H,3-4H2,1-2H3/t35-,42+;10-,11+,12-,13+;7-,8+;5-,6+/m1110/s1. The Morgan fingerprint density at radius 1 is 0.419 bits per heavy atom. The number of benzene rings is 6. The van der Waals surface area contributed by atoms with Gasteiger partial charge in [0.15, 0.2) is 0 Å². The van der Waals surface area contributed by atoms with Crippen LogP contribution in [0.15, 0.2) is 182 Å². The van der Waals surface area contributed by atoms with E-state index < -0.39 is 5.41 Å². The summed E-state index contributed by atoms with van der Waals surface area (Å²) in [7, 11) is 0. The van der Waals surface area contributed by atoms with Crippen molar-refractivity contribution in [1.82, 2.24) is 0 Å². The lowest BCUT2D eigenvalue weighted by Gasteiger charge is -2.52. The van der Waals surface area contributed by atoms with Gasteiger partial charge in [0.1, 0.15) is 0 Å². The van der Waals surface area contributed by atoms with Gasteiger partial charge < -0.3 is 5.73 Å². The molecule has 74 heavy (non-hydrogen) atoms. The quantitative estimate of drug-likeness (QED) is 0.0374. The number of thiol groups is 2. The molecule has 0 aliphatic heterocycles. The van der Waals surface area contributed by atoms with Gasteiger partial charge in [-0.05, 0) is 120 Å². The first kappa shape index (κ1) is 59.2. The molecule has 3 aliphatic rings. The predicted molar refractivity (Wildman–Crippen MR) is 330 cm³/mol. The lowest BCUT2D eigenvalue weighted by atomic mass is 9.50. The van der Waals surface area contributed by atoms with Crippen molar-refractivity contribution in [2.75, 3.05) is 0 Å². The molecule has 0 spiro atoms. The van der Waals surface area contributed by atoms with Crippen molar-refractivity contribution in [3.8, 4) is 0 Å². The Hall–Kier alpha value is -4.02. The van der Waals surface area contributed by atoms with Crippen LogP contribution in [0.3, 0.4) is 0 Å². The zero-order valence-corrected chi connectivity index (χ0v) is 48.7. The molecular formula is C71H97NS2. The summed E-state index contributed by atoms with van der Waals surface area (Å²) < 4.78 is 0. The molecule has 3 heteroatoms. The molecular weight excluding hydrogens is 931 g/mol. The van der Waals surface area contributed by atoms with E-state index in [2.05, 4.69) is 256 Å². The fraction of sp³-hybridized carbons (Fsp3) is 0.493. The van der Waals surface area contributed by atoms with Gasteiger partial charge in [-0.25, -0.2) is 0 Å². The number of nitrogens with two attached hydrogens (primary N) is 1. The summed E-state index contributed by atoms with van der Waals surface area (Å²) >= 11 is 8.58. The van der Waals surface area contributed by atoms with E-state index in [1.165, 1.54) is 123 Å². The molecule has 10 atom stereocenters. The first-order chi connectivity index (χ1) is 36.0. The summed E-state index contributed by atoms with van der Waals surface area (Å²) in [6.45, 7) is 16.2. The first-order valence-electron chi connectivity index (χ1n) is 29.5. The molecule has 0 unspecified atom stereocenters. The maximum atomic E-state index is 5.92. The fourth-order valence-electron chi connectivity index (χ4n) is 13.1. The zero-order valence-electron chi connectivity index (χ0n) is 46.9. The van der Waals surface area contributed by atoms with Gasteiger partial charge in [-0.2, -0.15) is 25.3 Å². The molecule has 0 heterocycles. The van der Waals surface area contributed by atoms with Crippen LogP contribution in [0.5, 0.6) is 0 Å². The van der Waals surface area contributed by atoms with Crippen LogP contribution in [0, 0.1) is 41.4 Å². The zero-order chi connectivity index (χ0) is 52.8. The highest BCUT2D eigenvalue weighted by atomic mass is 32.1. The van der Waals surface area contributed by atoms with Gasteiger partial charge in [0.2, 0.25) is 0 Å². The first-order valence-corrected chi connectivity index (χ1v) is 30.5. The highest BCUT2D eigenvalue weighted by Crippen LogP contribution is 2.57. The van der Waals surface area contributed by atoms with Crippen LogP contribution in [-0.4, -0.2) is 16.5 Å². The number of unbranched alkanes of at least 4 members (excludes halogenated alkanes) is 1. The van der Waals surface area contributed by atoms with E-state index in [-0.39, 0.29) is 17.3 Å². The van der Waals surface area contributed by atoms with Gasteiger partial charge in [0.05, 0.1) is 0 Å². The molecule has 0 radical (unpaired) electrons. The molecule has 3 fully saturated rings. The summed E-state index contributed by atoms with van der Waals surface area (Å²) in [6.07, 6.45) is 21.8. The van der Waals surface area contributed by atoms with E-state index in [4.69, 9.17) is 5.73 Å². The summed E-state index contributed by atoms with van der Waals surface area (Å²) in [5.74, 6) is 5.56. The second-order valence-corrected chi connectivity index (χ2v) is 24.3. The molecule has 3 saturated carbocycles. The Kier molecular flexibility index (Phi) is 24.5. The smallest absolute Gasteiger partial charge is 0.0482 e. The molecule has 0 amide bonds. The minimum atomic E-state index is -0.396. The SMILES string of the molecule is CCC[C@@H](S)[C@H](C)S.CCC[C@@H]([C@@H](C)C(c1ccccc1)(c1ccccc1)c1ccccc1)C(c1ccccc1)(c1ccccc1)c1ccccc1.CCC[C@H]1CC[C@H]1C.C[C@@H]1CC[C@@H]1CCCC[C@@H]1CC[C@@H]1N. The van der Waals surface area contributed by atoms with Crippen LogP contribution in [0.25, 0.3) is 0 Å². The van der Waals surface area contributed by atoms with Crippen LogP contribution in [-0.2, 0) is 10.8 Å². The van der Waals surface area contributed by atoms with Gasteiger partial charge in [0, 0.05) is 27.4 Å². The van der Waals surface area contributed by atoms with E-state index in [0.717, 1.165) is 42.4 Å². The highest BCUT2D eigenvalue weighted by molar-refractivity contribution is 7.85. The molecule has 0 saturated heterocycles. The van der Waals surface area contributed by atoms with Crippen LogP contribution < -0.4 is 5.73 Å². The average molecular weight is 1030 g/mol. The second-order valence-electron chi connectivity index (χ2n) is 22.8. The number of hydrogen-bond acceptors (Lipinski definition) is 3. The molecule has 2 N–H and O–H groups in total. The van der Waals surface area contributed by atoms with Crippen molar-refractivity contribution in [2.24, 2.45) is 47.2 Å². The lowest BCUT2D eigenvalue weighted by Crippen LogP contribution is -2.49. The van der Waals surface area contributed by atoms with Crippen molar-refractivity contribution in [2.45, 2.75) is 179 Å².